The first-order valence-corrected chi connectivity index (χ1v) is 8.11. The van der Waals surface area contributed by atoms with E-state index < -0.39 is 12.1 Å². The molecule has 1 unspecified atom stereocenters. The Hall–Kier alpha value is -2.05. The number of furan rings is 1. The third kappa shape index (κ3) is 3.25. The van der Waals surface area contributed by atoms with E-state index in [1.807, 2.05) is 0 Å². The molecule has 1 saturated heterocycles. The molecular formula is C17H18ClNO5. The van der Waals surface area contributed by atoms with Crippen LogP contribution in [0.4, 0.5) is 0 Å². The van der Waals surface area contributed by atoms with Gasteiger partial charge in [-0.1, -0.05) is 11.6 Å². The number of morpholine rings is 1. The molecule has 0 saturated carbocycles. The highest BCUT2D eigenvalue weighted by molar-refractivity contribution is 6.31. The van der Waals surface area contributed by atoms with Crippen LogP contribution in [0.2, 0.25) is 5.02 Å². The fraction of sp³-hybridized carbons (Fsp3) is 0.412. The average molecular weight is 352 g/mol. The van der Waals surface area contributed by atoms with Crippen LogP contribution in [0.1, 0.15) is 23.0 Å². The third-order valence-electron chi connectivity index (χ3n) is 4.04. The van der Waals surface area contributed by atoms with Crippen molar-refractivity contribution in [2.75, 3.05) is 26.3 Å². The summed E-state index contributed by atoms with van der Waals surface area (Å²) in [5, 5.41) is 1.31. The number of carbonyl (C=O) groups excluding carboxylic acids is 2. The van der Waals surface area contributed by atoms with E-state index in [0.29, 0.717) is 42.5 Å². The quantitative estimate of drug-likeness (QED) is 0.795. The molecule has 2 heterocycles. The third-order valence-corrected chi connectivity index (χ3v) is 4.27. The number of ether oxygens (including phenoxy) is 2. The van der Waals surface area contributed by atoms with E-state index in [4.69, 9.17) is 25.5 Å². The van der Waals surface area contributed by atoms with Crippen LogP contribution < -0.4 is 0 Å². The maximum atomic E-state index is 12.4. The smallest absolute Gasteiger partial charge is 0.375 e. The highest BCUT2D eigenvalue weighted by Gasteiger charge is 2.28. The number of rotatable bonds is 3. The largest absolute Gasteiger partial charge is 0.449 e. The van der Waals surface area contributed by atoms with Crippen LogP contribution in [0.25, 0.3) is 11.0 Å². The van der Waals surface area contributed by atoms with Gasteiger partial charge in [-0.25, -0.2) is 4.79 Å². The van der Waals surface area contributed by atoms with E-state index in [0.717, 1.165) is 5.39 Å². The first-order chi connectivity index (χ1) is 11.5. The molecule has 1 atom stereocenters. The minimum Gasteiger partial charge on any atom is -0.449 e. The molecule has 0 aliphatic carbocycles. The van der Waals surface area contributed by atoms with Crippen molar-refractivity contribution < 1.29 is 23.5 Å². The first kappa shape index (κ1) is 16.8. The van der Waals surface area contributed by atoms with Crippen LogP contribution in [0.3, 0.4) is 0 Å². The van der Waals surface area contributed by atoms with E-state index in [9.17, 15) is 9.59 Å². The summed E-state index contributed by atoms with van der Waals surface area (Å²) in [6.45, 7) is 5.31. The number of hydrogen-bond donors (Lipinski definition) is 0. The number of carbonyl (C=O) groups is 2. The van der Waals surface area contributed by atoms with Gasteiger partial charge in [-0.3, -0.25) is 4.79 Å². The Balaban J connectivity index is 1.74. The molecule has 6 nitrogen and oxygen atoms in total. The van der Waals surface area contributed by atoms with E-state index in [2.05, 4.69) is 0 Å². The normalized spacial score (nSPS) is 16.2. The Morgan fingerprint density at radius 3 is 2.71 bits per heavy atom. The summed E-state index contributed by atoms with van der Waals surface area (Å²) >= 11 is 5.97. The van der Waals surface area contributed by atoms with Crippen molar-refractivity contribution in [2.24, 2.45) is 0 Å². The van der Waals surface area contributed by atoms with Gasteiger partial charge in [0.15, 0.2) is 6.10 Å². The molecule has 128 valence electrons. The molecule has 1 amide bonds. The van der Waals surface area contributed by atoms with Gasteiger partial charge in [-0.05, 0) is 32.0 Å². The van der Waals surface area contributed by atoms with Crippen molar-refractivity contribution in [3.63, 3.8) is 0 Å². The van der Waals surface area contributed by atoms with Gasteiger partial charge >= 0.3 is 5.97 Å². The number of fused-ring (bicyclic) bond motifs is 1. The van der Waals surface area contributed by atoms with Crippen LogP contribution in [0.15, 0.2) is 22.6 Å². The number of halogens is 1. The lowest BCUT2D eigenvalue weighted by Gasteiger charge is -2.28. The fourth-order valence-corrected chi connectivity index (χ4v) is 2.87. The Kier molecular flexibility index (Phi) is 4.78. The minimum atomic E-state index is -0.883. The van der Waals surface area contributed by atoms with Crippen LogP contribution >= 0.6 is 11.6 Å². The molecular weight excluding hydrogens is 334 g/mol. The predicted molar refractivity (Wildman–Crippen MR) is 88.2 cm³/mol. The average Bonchev–Trinajstić information content (AvgIpc) is 2.91. The summed E-state index contributed by atoms with van der Waals surface area (Å²) in [7, 11) is 0. The number of hydrogen-bond acceptors (Lipinski definition) is 5. The molecule has 0 radical (unpaired) electrons. The number of amides is 1. The minimum absolute atomic E-state index is 0.0916. The van der Waals surface area contributed by atoms with Crippen molar-refractivity contribution in [3.05, 3.63) is 34.5 Å². The standard InChI is InChI=1S/C17H18ClNO5/c1-10-13-9-12(18)3-4-14(13)24-15(10)17(21)23-11(2)16(20)19-5-7-22-8-6-19/h3-4,9,11H,5-8H2,1-2H3. The molecule has 3 rings (SSSR count). The summed E-state index contributed by atoms with van der Waals surface area (Å²) in [6.07, 6.45) is -0.883. The number of nitrogens with zero attached hydrogens (tertiary/aromatic N) is 1. The zero-order valence-electron chi connectivity index (χ0n) is 13.5. The van der Waals surface area contributed by atoms with Crippen LogP contribution in [0.5, 0.6) is 0 Å². The van der Waals surface area contributed by atoms with Gasteiger partial charge in [0.2, 0.25) is 5.76 Å². The Morgan fingerprint density at radius 2 is 2.00 bits per heavy atom. The second-order valence-electron chi connectivity index (χ2n) is 5.68. The first-order valence-electron chi connectivity index (χ1n) is 7.73. The molecule has 1 aliphatic heterocycles. The second-order valence-corrected chi connectivity index (χ2v) is 6.12. The SMILES string of the molecule is Cc1c(C(=O)OC(C)C(=O)N2CCOCC2)oc2ccc(Cl)cc12. The van der Waals surface area contributed by atoms with Crippen LogP contribution in [0, 0.1) is 6.92 Å². The lowest BCUT2D eigenvalue weighted by atomic mass is 10.1. The molecule has 1 aromatic carbocycles. The molecule has 0 bridgehead atoms. The summed E-state index contributed by atoms with van der Waals surface area (Å²) in [6, 6.07) is 5.12. The van der Waals surface area contributed by atoms with Crippen molar-refractivity contribution in [3.8, 4) is 0 Å². The topological polar surface area (TPSA) is 69.0 Å². The lowest BCUT2D eigenvalue weighted by Crippen LogP contribution is -2.46. The molecule has 2 aromatic rings. The molecule has 1 aliphatic rings. The van der Waals surface area contributed by atoms with Crippen molar-refractivity contribution >= 4 is 34.4 Å². The highest BCUT2D eigenvalue weighted by Crippen LogP contribution is 2.28. The van der Waals surface area contributed by atoms with Crippen LogP contribution in [-0.4, -0.2) is 49.2 Å². The molecule has 1 fully saturated rings. The molecule has 0 N–H and O–H groups in total. The Morgan fingerprint density at radius 1 is 1.29 bits per heavy atom. The second kappa shape index (κ2) is 6.83. The summed E-state index contributed by atoms with van der Waals surface area (Å²) in [5.74, 6) is -0.800. The number of esters is 1. The molecule has 0 spiro atoms. The maximum Gasteiger partial charge on any atom is 0.375 e. The van der Waals surface area contributed by atoms with E-state index in [-0.39, 0.29) is 11.7 Å². The van der Waals surface area contributed by atoms with Crippen molar-refractivity contribution in [1.82, 2.24) is 4.90 Å². The van der Waals surface area contributed by atoms with Gasteiger partial charge in [0.1, 0.15) is 5.58 Å². The lowest BCUT2D eigenvalue weighted by molar-refractivity contribution is -0.143. The van der Waals surface area contributed by atoms with Crippen molar-refractivity contribution in [2.45, 2.75) is 20.0 Å². The zero-order chi connectivity index (χ0) is 17.3. The molecule has 7 heteroatoms. The van der Waals surface area contributed by atoms with E-state index in [1.54, 1.807) is 36.9 Å². The fourth-order valence-electron chi connectivity index (χ4n) is 2.69. The zero-order valence-corrected chi connectivity index (χ0v) is 14.3. The van der Waals surface area contributed by atoms with Crippen LogP contribution in [-0.2, 0) is 14.3 Å². The van der Waals surface area contributed by atoms with Gasteiger partial charge in [-0.15, -0.1) is 0 Å². The summed E-state index contributed by atoms with van der Waals surface area (Å²) in [4.78, 5) is 26.3. The van der Waals surface area contributed by atoms with Gasteiger partial charge < -0.3 is 18.8 Å². The summed E-state index contributed by atoms with van der Waals surface area (Å²) in [5.41, 5.74) is 1.19. The number of benzene rings is 1. The van der Waals surface area contributed by atoms with Crippen molar-refractivity contribution in [1.29, 1.82) is 0 Å². The molecule has 24 heavy (non-hydrogen) atoms. The molecule has 1 aromatic heterocycles. The predicted octanol–water partition coefficient (Wildman–Crippen LogP) is 2.80. The number of aryl methyl sites for hydroxylation is 1. The van der Waals surface area contributed by atoms with E-state index in [1.165, 1.54) is 0 Å². The summed E-state index contributed by atoms with van der Waals surface area (Å²) < 4.78 is 16.1. The van der Waals surface area contributed by atoms with Gasteiger partial charge in [-0.2, -0.15) is 0 Å². The maximum absolute atomic E-state index is 12.4. The van der Waals surface area contributed by atoms with Gasteiger partial charge in [0.05, 0.1) is 13.2 Å². The monoisotopic (exact) mass is 351 g/mol. The Bertz CT molecular complexity index is 779. The van der Waals surface area contributed by atoms with Gasteiger partial charge in [0, 0.05) is 29.1 Å². The van der Waals surface area contributed by atoms with E-state index >= 15 is 0 Å². The van der Waals surface area contributed by atoms with Gasteiger partial charge in [0.25, 0.3) is 5.91 Å². The Labute approximate surface area is 144 Å². The highest BCUT2D eigenvalue weighted by atomic mass is 35.5.